The van der Waals surface area contributed by atoms with Crippen LogP contribution in [0.3, 0.4) is 0 Å². The minimum atomic E-state index is -3.10. The first kappa shape index (κ1) is 13.4. The molecule has 0 radical (unpaired) electrons. The van der Waals surface area contributed by atoms with Gasteiger partial charge in [-0.25, -0.2) is 13.4 Å². The van der Waals surface area contributed by atoms with Crippen LogP contribution in [0.1, 0.15) is 17.4 Å². The number of piperazine rings is 1. The Hall–Kier alpha value is -0.990. The zero-order valence-electron chi connectivity index (χ0n) is 10.3. The predicted molar refractivity (Wildman–Crippen MR) is 70.7 cm³/mol. The molecule has 18 heavy (non-hydrogen) atoms. The van der Waals surface area contributed by atoms with E-state index in [1.54, 1.807) is 5.38 Å². The first-order valence-electron chi connectivity index (χ1n) is 5.54. The number of Topliss-reactive ketones (excluding diaryl/α,β-unsaturated/α-hetero) is 1. The summed E-state index contributed by atoms with van der Waals surface area (Å²) in [6, 6.07) is 0. The smallest absolute Gasteiger partial charge is 0.211 e. The molecule has 1 fully saturated rings. The van der Waals surface area contributed by atoms with Gasteiger partial charge in [0.25, 0.3) is 0 Å². The third-order valence-electron chi connectivity index (χ3n) is 2.83. The molecule has 1 aromatic heterocycles. The van der Waals surface area contributed by atoms with E-state index >= 15 is 0 Å². The van der Waals surface area contributed by atoms with E-state index in [2.05, 4.69) is 4.98 Å². The van der Waals surface area contributed by atoms with E-state index in [9.17, 15) is 13.2 Å². The van der Waals surface area contributed by atoms with Gasteiger partial charge in [0, 0.05) is 38.5 Å². The minimum Gasteiger partial charge on any atom is -0.345 e. The second kappa shape index (κ2) is 4.94. The quantitative estimate of drug-likeness (QED) is 0.755. The van der Waals surface area contributed by atoms with Gasteiger partial charge in [0.15, 0.2) is 10.9 Å². The van der Waals surface area contributed by atoms with Crippen LogP contribution in [-0.4, -0.2) is 55.9 Å². The van der Waals surface area contributed by atoms with Crippen LogP contribution in [0.25, 0.3) is 0 Å². The maximum Gasteiger partial charge on any atom is 0.211 e. The molecule has 2 heterocycles. The van der Waals surface area contributed by atoms with Crippen LogP contribution < -0.4 is 4.90 Å². The van der Waals surface area contributed by atoms with Gasteiger partial charge in [0.05, 0.1) is 6.26 Å². The third kappa shape index (κ3) is 2.88. The van der Waals surface area contributed by atoms with Crippen molar-refractivity contribution in [2.75, 3.05) is 37.3 Å². The van der Waals surface area contributed by atoms with Gasteiger partial charge >= 0.3 is 0 Å². The summed E-state index contributed by atoms with van der Waals surface area (Å²) in [5.74, 6) is -0.0488. The van der Waals surface area contributed by atoms with Crippen molar-refractivity contribution in [3.05, 3.63) is 11.1 Å². The largest absolute Gasteiger partial charge is 0.345 e. The van der Waals surface area contributed by atoms with Crippen LogP contribution >= 0.6 is 11.3 Å². The fourth-order valence-electron chi connectivity index (χ4n) is 1.78. The maximum atomic E-state index is 11.4. The van der Waals surface area contributed by atoms with Crippen LogP contribution in [0.15, 0.2) is 5.38 Å². The molecule has 0 aliphatic carbocycles. The number of hydrogen-bond donors (Lipinski definition) is 0. The standard InChI is InChI=1S/C10H15N3O3S2/c1-8(14)9-7-17-10(11-9)12-3-5-13(6-4-12)18(2,15)16/h7H,3-6H2,1-2H3. The van der Waals surface area contributed by atoms with Gasteiger partial charge < -0.3 is 4.90 Å². The van der Waals surface area contributed by atoms with Gasteiger partial charge in [0.1, 0.15) is 5.69 Å². The van der Waals surface area contributed by atoms with Gasteiger partial charge in [-0.3, -0.25) is 4.79 Å². The van der Waals surface area contributed by atoms with Crippen LogP contribution in [0, 0.1) is 0 Å². The predicted octanol–water partition coefficient (Wildman–Crippen LogP) is 0.427. The van der Waals surface area contributed by atoms with Crippen molar-refractivity contribution in [2.24, 2.45) is 0 Å². The maximum absolute atomic E-state index is 11.4. The molecule has 2 rings (SSSR count). The normalized spacial score (nSPS) is 18.0. The molecule has 0 amide bonds. The van der Waals surface area contributed by atoms with Crippen LogP contribution in [0.2, 0.25) is 0 Å². The van der Waals surface area contributed by atoms with E-state index < -0.39 is 10.0 Å². The SMILES string of the molecule is CC(=O)c1csc(N2CCN(S(C)(=O)=O)CC2)n1. The molecule has 0 spiro atoms. The number of nitrogens with zero attached hydrogens (tertiary/aromatic N) is 3. The first-order valence-corrected chi connectivity index (χ1v) is 8.27. The molecule has 1 aromatic rings. The number of carbonyl (C=O) groups is 1. The molecule has 0 atom stereocenters. The van der Waals surface area contributed by atoms with Crippen molar-refractivity contribution in [3.63, 3.8) is 0 Å². The van der Waals surface area contributed by atoms with Gasteiger partial charge in [0.2, 0.25) is 10.0 Å². The van der Waals surface area contributed by atoms with Crippen molar-refractivity contribution >= 4 is 32.3 Å². The molecule has 1 saturated heterocycles. The number of carbonyl (C=O) groups excluding carboxylic acids is 1. The molecule has 0 saturated carbocycles. The van der Waals surface area contributed by atoms with E-state index in [0.29, 0.717) is 31.9 Å². The Kier molecular flexibility index (Phi) is 3.69. The molecule has 0 bridgehead atoms. The number of rotatable bonds is 3. The lowest BCUT2D eigenvalue weighted by atomic mass is 10.3. The van der Waals surface area contributed by atoms with Crippen molar-refractivity contribution in [1.82, 2.24) is 9.29 Å². The zero-order valence-corrected chi connectivity index (χ0v) is 11.9. The summed E-state index contributed by atoms with van der Waals surface area (Å²) in [4.78, 5) is 17.4. The average molecular weight is 289 g/mol. The number of aromatic nitrogens is 1. The van der Waals surface area contributed by atoms with E-state index in [-0.39, 0.29) is 5.78 Å². The van der Waals surface area contributed by atoms with Gasteiger partial charge in [-0.15, -0.1) is 11.3 Å². The minimum absolute atomic E-state index is 0.0488. The summed E-state index contributed by atoms with van der Waals surface area (Å²) >= 11 is 1.42. The molecule has 6 nitrogen and oxygen atoms in total. The molecule has 8 heteroatoms. The number of ketones is 1. The Morgan fingerprint density at radius 1 is 1.33 bits per heavy atom. The second-order valence-corrected chi connectivity index (χ2v) is 7.04. The Labute approximate surface area is 110 Å². The summed E-state index contributed by atoms with van der Waals surface area (Å²) in [7, 11) is -3.10. The van der Waals surface area contributed by atoms with E-state index in [4.69, 9.17) is 0 Å². The van der Waals surface area contributed by atoms with Crippen molar-refractivity contribution in [3.8, 4) is 0 Å². The summed E-state index contributed by atoms with van der Waals surface area (Å²) in [5.41, 5.74) is 0.473. The fraction of sp³-hybridized carbons (Fsp3) is 0.600. The van der Waals surface area contributed by atoms with Crippen molar-refractivity contribution < 1.29 is 13.2 Å². The van der Waals surface area contributed by atoms with Gasteiger partial charge in [-0.1, -0.05) is 0 Å². The highest BCUT2D eigenvalue weighted by atomic mass is 32.2. The molecular weight excluding hydrogens is 274 g/mol. The van der Waals surface area contributed by atoms with E-state index in [0.717, 1.165) is 5.13 Å². The van der Waals surface area contributed by atoms with Gasteiger partial charge in [-0.05, 0) is 0 Å². The highest BCUT2D eigenvalue weighted by Crippen LogP contribution is 2.22. The van der Waals surface area contributed by atoms with Crippen LogP contribution in [0.4, 0.5) is 5.13 Å². The van der Waals surface area contributed by atoms with Gasteiger partial charge in [-0.2, -0.15) is 4.31 Å². The summed E-state index contributed by atoms with van der Waals surface area (Å²) in [6.45, 7) is 3.64. The van der Waals surface area contributed by atoms with Crippen molar-refractivity contribution in [1.29, 1.82) is 0 Å². The Balaban J connectivity index is 2.03. The third-order valence-corrected chi connectivity index (χ3v) is 5.04. The topological polar surface area (TPSA) is 70.6 Å². The highest BCUT2D eigenvalue weighted by molar-refractivity contribution is 7.88. The molecule has 0 N–H and O–H groups in total. The Morgan fingerprint density at radius 2 is 1.94 bits per heavy atom. The van der Waals surface area contributed by atoms with Crippen LogP contribution in [0.5, 0.6) is 0 Å². The zero-order chi connectivity index (χ0) is 13.3. The van der Waals surface area contributed by atoms with E-state index in [1.165, 1.54) is 28.8 Å². The summed E-state index contributed by atoms with van der Waals surface area (Å²) in [5, 5.41) is 2.52. The van der Waals surface area contributed by atoms with Crippen LogP contribution in [-0.2, 0) is 10.0 Å². The number of hydrogen-bond acceptors (Lipinski definition) is 6. The second-order valence-electron chi connectivity index (χ2n) is 4.22. The molecule has 1 aliphatic heterocycles. The lowest BCUT2D eigenvalue weighted by molar-refractivity contribution is 0.101. The number of anilines is 1. The molecule has 0 unspecified atom stereocenters. The van der Waals surface area contributed by atoms with E-state index in [1.807, 2.05) is 4.90 Å². The Bertz CT molecular complexity index is 544. The molecule has 0 aromatic carbocycles. The lowest BCUT2D eigenvalue weighted by Gasteiger charge is -2.32. The summed E-state index contributed by atoms with van der Waals surface area (Å²) < 4.78 is 24.2. The summed E-state index contributed by atoms with van der Waals surface area (Å²) in [6.07, 6.45) is 1.22. The molecule has 1 aliphatic rings. The monoisotopic (exact) mass is 289 g/mol. The Morgan fingerprint density at radius 3 is 2.39 bits per heavy atom. The molecule has 100 valence electrons. The lowest BCUT2D eigenvalue weighted by Crippen LogP contribution is -2.48. The average Bonchev–Trinajstić information content (AvgIpc) is 2.77. The van der Waals surface area contributed by atoms with Crippen molar-refractivity contribution in [2.45, 2.75) is 6.92 Å². The first-order chi connectivity index (χ1) is 8.38. The number of thiazole rings is 1. The highest BCUT2D eigenvalue weighted by Gasteiger charge is 2.24. The molecular formula is C10H15N3O3S2. The number of sulfonamides is 1. The fourth-order valence-corrected chi connectivity index (χ4v) is 3.53.